The Morgan fingerprint density at radius 3 is 2.64 bits per heavy atom. The molecule has 33 heavy (non-hydrogen) atoms. The average molecular weight is 471 g/mol. The maximum Gasteiger partial charge on any atom is 0.310 e. The van der Waals surface area contributed by atoms with Crippen LogP contribution < -0.4 is 15.3 Å². The van der Waals surface area contributed by atoms with Gasteiger partial charge in [-0.15, -0.1) is 0 Å². The van der Waals surface area contributed by atoms with E-state index in [1.165, 1.54) is 43.1 Å². The lowest BCUT2D eigenvalue weighted by Gasteiger charge is -2.10. The molecular formula is C27H38N2O3S. The van der Waals surface area contributed by atoms with E-state index in [-0.39, 0.29) is 10.8 Å². The molecule has 6 heteroatoms. The molecule has 0 fully saturated rings. The van der Waals surface area contributed by atoms with Gasteiger partial charge in [0.2, 0.25) is 5.88 Å². The van der Waals surface area contributed by atoms with Crippen LogP contribution in [0.3, 0.4) is 0 Å². The summed E-state index contributed by atoms with van der Waals surface area (Å²) in [6.45, 7) is 5.61. The van der Waals surface area contributed by atoms with Gasteiger partial charge in [0.15, 0.2) is 0 Å². The summed E-state index contributed by atoms with van der Waals surface area (Å²) in [4.78, 5) is 12.3. The molecule has 0 saturated carbocycles. The van der Waals surface area contributed by atoms with Crippen molar-refractivity contribution in [1.29, 1.82) is 0 Å². The molecule has 0 saturated heterocycles. The lowest BCUT2D eigenvalue weighted by Crippen LogP contribution is -2.18. The van der Waals surface area contributed by atoms with E-state index >= 15 is 0 Å². The minimum absolute atomic E-state index is 0.0182. The van der Waals surface area contributed by atoms with Gasteiger partial charge in [-0.05, 0) is 36.6 Å². The van der Waals surface area contributed by atoms with Crippen molar-refractivity contribution >= 4 is 17.4 Å². The maximum absolute atomic E-state index is 12.0. The highest BCUT2D eigenvalue weighted by Crippen LogP contribution is 2.23. The summed E-state index contributed by atoms with van der Waals surface area (Å²) in [5.41, 5.74) is 7.52. The Morgan fingerprint density at radius 2 is 1.91 bits per heavy atom. The highest BCUT2D eigenvalue weighted by Gasteiger charge is 2.10. The monoisotopic (exact) mass is 470 g/mol. The number of ether oxygens (including phenoxy) is 1. The molecule has 1 aromatic heterocycles. The number of thiazole rings is 1. The summed E-state index contributed by atoms with van der Waals surface area (Å²) in [5, 5.41) is 10.2. The summed E-state index contributed by atoms with van der Waals surface area (Å²) < 4.78 is 7.35. The number of aromatic nitrogens is 1. The predicted octanol–water partition coefficient (Wildman–Crippen LogP) is 5.72. The number of nitrogens with zero attached hydrogens (tertiary/aromatic N) is 1. The number of hydrogen-bond acceptors (Lipinski definition) is 5. The number of nitrogens with two attached hydrogens (primary N) is 1. The zero-order chi connectivity index (χ0) is 23.9. The van der Waals surface area contributed by atoms with Gasteiger partial charge in [0.25, 0.3) is 0 Å². The van der Waals surface area contributed by atoms with Crippen LogP contribution in [0, 0.1) is 11.8 Å². The van der Waals surface area contributed by atoms with Crippen molar-refractivity contribution in [2.75, 3.05) is 13.2 Å². The first-order valence-corrected chi connectivity index (χ1v) is 13.0. The molecule has 3 N–H and O–H groups in total. The van der Waals surface area contributed by atoms with Gasteiger partial charge in [-0.2, -0.15) is 0 Å². The summed E-state index contributed by atoms with van der Waals surface area (Å²) in [5.74, 6) is 7.19. The lowest BCUT2D eigenvalue weighted by atomic mass is 10.1. The molecule has 0 unspecified atom stereocenters. The number of hydrogen-bond donors (Lipinski definition) is 2. The molecule has 5 nitrogen and oxygen atoms in total. The molecule has 0 spiro atoms. The van der Waals surface area contributed by atoms with Crippen molar-refractivity contribution in [3.63, 3.8) is 0 Å². The van der Waals surface area contributed by atoms with E-state index in [1.807, 2.05) is 25.1 Å². The maximum atomic E-state index is 12.0. The fourth-order valence-corrected chi connectivity index (χ4v) is 4.35. The molecule has 2 rings (SSSR count). The van der Waals surface area contributed by atoms with Crippen molar-refractivity contribution in [2.45, 2.75) is 78.2 Å². The molecule has 180 valence electrons. The average Bonchev–Trinajstić information content (AvgIpc) is 3.08. The van der Waals surface area contributed by atoms with E-state index in [0.29, 0.717) is 31.0 Å². The normalized spacial score (nSPS) is 11.0. The van der Waals surface area contributed by atoms with Gasteiger partial charge in [0.05, 0.1) is 17.0 Å². The molecule has 2 aromatic rings. The van der Waals surface area contributed by atoms with E-state index in [1.54, 1.807) is 6.08 Å². The Hall–Kier alpha value is -2.49. The van der Waals surface area contributed by atoms with Crippen LogP contribution in [-0.4, -0.2) is 22.8 Å². The van der Waals surface area contributed by atoms with Crippen LogP contribution >= 0.6 is 11.3 Å². The SMILES string of the molecule is CCC#Cc1cc(C/C=C/c2sc(=O)n(CCN)c2O)ccc1OCCCCCCCCC. The standard InChI is InChI=1S/C27H38N2O3S/c1-3-5-7-8-9-10-11-20-32-24-17-16-22(21-23(24)14-6-4-2)13-12-15-25-26(30)29(19-18-28)27(31)33-25/h12,15-17,21,30H,3-5,7-11,13,18-20,28H2,1-2H3/b15-12+. The first-order valence-electron chi connectivity index (χ1n) is 12.1. The van der Waals surface area contributed by atoms with Crippen LogP contribution in [0.25, 0.3) is 6.08 Å². The van der Waals surface area contributed by atoms with Crippen molar-refractivity contribution in [1.82, 2.24) is 4.57 Å². The third kappa shape index (κ3) is 9.11. The van der Waals surface area contributed by atoms with Crippen LogP contribution in [-0.2, 0) is 13.0 Å². The minimum atomic E-state index is -0.197. The van der Waals surface area contributed by atoms with Gasteiger partial charge in [-0.1, -0.05) is 87.7 Å². The number of unbranched alkanes of at least 4 members (excludes halogenated alkanes) is 6. The van der Waals surface area contributed by atoms with Crippen LogP contribution in [0.2, 0.25) is 0 Å². The summed E-state index contributed by atoms with van der Waals surface area (Å²) >= 11 is 1.02. The lowest BCUT2D eigenvalue weighted by molar-refractivity contribution is 0.303. The number of aromatic hydroxyl groups is 1. The van der Waals surface area contributed by atoms with Crippen LogP contribution in [0.5, 0.6) is 11.6 Å². The van der Waals surface area contributed by atoms with Gasteiger partial charge < -0.3 is 15.6 Å². The van der Waals surface area contributed by atoms with Crippen molar-refractivity contribution in [3.8, 4) is 23.5 Å². The van der Waals surface area contributed by atoms with E-state index < -0.39 is 0 Å². The number of benzene rings is 1. The van der Waals surface area contributed by atoms with Crippen molar-refractivity contribution in [3.05, 3.63) is 49.9 Å². The zero-order valence-corrected chi connectivity index (χ0v) is 20.9. The molecule has 0 radical (unpaired) electrons. The largest absolute Gasteiger partial charge is 0.493 e. The third-order valence-electron chi connectivity index (χ3n) is 5.32. The van der Waals surface area contributed by atoms with E-state index in [4.69, 9.17) is 10.5 Å². The molecule has 1 aromatic carbocycles. The zero-order valence-electron chi connectivity index (χ0n) is 20.1. The van der Waals surface area contributed by atoms with Gasteiger partial charge in [-0.3, -0.25) is 9.36 Å². The summed E-state index contributed by atoms with van der Waals surface area (Å²) in [6, 6.07) is 6.11. The molecule has 0 amide bonds. The Bertz CT molecular complexity index is 995. The predicted molar refractivity (Wildman–Crippen MR) is 139 cm³/mol. The quantitative estimate of drug-likeness (QED) is 0.273. The Kier molecular flexibility index (Phi) is 12.5. The molecule has 0 aliphatic heterocycles. The molecule has 0 atom stereocenters. The molecular weight excluding hydrogens is 432 g/mol. The minimum Gasteiger partial charge on any atom is -0.493 e. The first kappa shape index (κ1) is 26.8. The molecule has 0 bridgehead atoms. The van der Waals surface area contributed by atoms with Crippen LogP contribution in [0.1, 0.15) is 81.2 Å². The molecule has 0 aliphatic rings. The topological polar surface area (TPSA) is 77.5 Å². The van der Waals surface area contributed by atoms with E-state index in [0.717, 1.165) is 41.1 Å². The smallest absolute Gasteiger partial charge is 0.310 e. The summed E-state index contributed by atoms with van der Waals surface area (Å²) in [7, 11) is 0. The van der Waals surface area contributed by atoms with E-state index in [2.05, 4.69) is 24.8 Å². The second-order valence-electron chi connectivity index (χ2n) is 8.06. The second kappa shape index (κ2) is 15.4. The van der Waals surface area contributed by atoms with Gasteiger partial charge in [-0.25, -0.2) is 0 Å². The number of rotatable bonds is 14. The van der Waals surface area contributed by atoms with Gasteiger partial charge in [0.1, 0.15) is 5.75 Å². The third-order valence-corrected chi connectivity index (χ3v) is 6.25. The van der Waals surface area contributed by atoms with Crippen LogP contribution in [0.4, 0.5) is 0 Å². The second-order valence-corrected chi connectivity index (χ2v) is 9.05. The Balaban J connectivity index is 1.96. The highest BCUT2D eigenvalue weighted by molar-refractivity contribution is 7.10. The van der Waals surface area contributed by atoms with Gasteiger partial charge in [0, 0.05) is 19.5 Å². The fourth-order valence-electron chi connectivity index (χ4n) is 3.50. The Labute approximate surface area is 202 Å². The number of allylic oxidation sites excluding steroid dienone is 1. The van der Waals surface area contributed by atoms with E-state index in [9.17, 15) is 9.90 Å². The van der Waals surface area contributed by atoms with Gasteiger partial charge >= 0.3 is 4.87 Å². The first-order chi connectivity index (χ1) is 16.1. The van der Waals surface area contributed by atoms with Crippen LogP contribution in [0.15, 0.2) is 29.1 Å². The molecule has 0 aliphatic carbocycles. The molecule has 1 heterocycles. The summed E-state index contributed by atoms with van der Waals surface area (Å²) in [6.07, 6.45) is 14.0. The highest BCUT2D eigenvalue weighted by atomic mass is 32.1. The fraction of sp³-hybridized carbons (Fsp3) is 0.519. The van der Waals surface area contributed by atoms with Crippen molar-refractivity contribution < 1.29 is 9.84 Å². The van der Waals surface area contributed by atoms with Crippen molar-refractivity contribution in [2.24, 2.45) is 5.73 Å². The Morgan fingerprint density at radius 1 is 1.15 bits per heavy atom.